The molecule has 0 saturated carbocycles. The SMILES string of the molecule is COc1cc(C(=O)OCC(=O)Nc2ccc(Cl)cc2C(F)(F)F)cc(Cl)c1OC. The Hall–Kier alpha value is -2.65. The maximum absolute atomic E-state index is 13.1. The third-order valence-corrected chi connectivity index (χ3v) is 4.08. The number of hydrogen-bond acceptors (Lipinski definition) is 5. The Morgan fingerprint density at radius 3 is 2.34 bits per heavy atom. The van der Waals surface area contributed by atoms with Gasteiger partial charge in [-0.25, -0.2) is 4.79 Å². The lowest BCUT2D eigenvalue weighted by Crippen LogP contribution is -2.22. The Labute approximate surface area is 173 Å². The van der Waals surface area contributed by atoms with Crippen LogP contribution >= 0.6 is 23.2 Å². The highest BCUT2D eigenvalue weighted by molar-refractivity contribution is 6.32. The maximum atomic E-state index is 13.1. The summed E-state index contributed by atoms with van der Waals surface area (Å²) in [6.07, 6.45) is -4.74. The summed E-state index contributed by atoms with van der Waals surface area (Å²) in [4.78, 5) is 24.1. The Kier molecular flexibility index (Phi) is 7.21. The quantitative estimate of drug-likeness (QED) is 0.637. The molecule has 156 valence electrons. The van der Waals surface area contributed by atoms with Gasteiger partial charge in [-0.15, -0.1) is 0 Å². The van der Waals surface area contributed by atoms with Crippen molar-refractivity contribution in [2.75, 3.05) is 26.1 Å². The summed E-state index contributed by atoms with van der Waals surface area (Å²) in [5, 5.41) is 1.96. The highest BCUT2D eigenvalue weighted by Crippen LogP contribution is 2.37. The van der Waals surface area contributed by atoms with E-state index in [2.05, 4.69) is 0 Å². The number of ether oxygens (including phenoxy) is 3. The number of hydrogen-bond donors (Lipinski definition) is 1. The molecule has 0 spiro atoms. The van der Waals surface area contributed by atoms with Crippen LogP contribution in [-0.4, -0.2) is 32.7 Å². The van der Waals surface area contributed by atoms with E-state index in [0.29, 0.717) is 6.07 Å². The molecule has 29 heavy (non-hydrogen) atoms. The number of esters is 1. The fourth-order valence-electron chi connectivity index (χ4n) is 2.30. The van der Waals surface area contributed by atoms with Crippen molar-refractivity contribution in [2.45, 2.75) is 6.18 Å². The van der Waals surface area contributed by atoms with Gasteiger partial charge in [0.05, 0.1) is 36.1 Å². The minimum absolute atomic E-state index is 0.0390. The molecule has 0 unspecified atom stereocenters. The number of rotatable bonds is 6. The molecule has 0 saturated heterocycles. The van der Waals surface area contributed by atoms with Gasteiger partial charge in [0.15, 0.2) is 18.1 Å². The first-order chi connectivity index (χ1) is 13.6. The van der Waals surface area contributed by atoms with Crippen LogP contribution < -0.4 is 14.8 Å². The van der Waals surface area contributed by atoms with Crippen LogP contribution in [0.3, 0.4) is 0 Å². The molecule has 2 aromatic carbocycles. The third-order valence-electron chi connectivity index (χ3n) is 3.56. The van der Waals surface area contributed by atoms with E-state index < -0.39 is 35.9 Å². The van der Waals surface area contributed by atoms with Crippen molar-refractivity contribution >= 4 is 40.8 Å². The number of nitrogens with one attached hydrogen (secondary N) is 1. The second-order valence-corrected chi connectivity index (χ2v) is 6.35. The summed E-state index contributed by atoms with van der Waals surface area (Å²) < 4.78 is 54.1. The average molecular weight is 452 g/mol. The van der Waals surface area contributed by atoms with E-state index in [9.17, 15) is 22.8 Å². The number of anilines is 1. The fraction of sp³-hybridized carbons (Fsp3) is 0.222. The Balaban J connectivity index is 2.09. The molecule has 1 amide bonds. The lowest BCUT2D eigenvalue weighted by atomic mass is 10.1. The predicted octanol–water partition coefficient (Wildman–Crippen LogP) is 4.82. The van der Waals surface area contributed by atoms with Crippen molar-refractivity contribution < 1.29 is 37.0 Å². The molecule has 0 heterocycles. The maximum Gasteiger partial charge on any atom is 0.418 e. The molecule has 11 heteroatoms. The summed E-state index contributed by atoms with van der Waals surface area (Å²) in [5.74, 6) is -1.55. The third kappa shape index (κ3) is 5.68. The molecule has 0 aliphatic carbocycles. The normalized spacial score (nSPS) is 11.0. The molecule has 0 atom stereocenters. The predicted molar refractivity (Wildman–Crippen MR) is 99.9 cm³/mol. The molecule has 0 aromatic heterocycles. The highest BCUT2D eigenvalue weighted by Gasteiger charge is 2.34. The Morgan fingerprint density at radius 1 is 1.07 bits per heavy atom. The van der Waals surface area contributed by atoms with Crippen LogP contribution in [0.2, 0.25) is 10.0 Å². The molecule has 2 rings (SSSR count). The highest BCUT2D eigenvalue weighted by atomic mass is 35.5. The lowest BCUT2D eigenvalue weighted by molar-refractivity contribution is -0.137. The van der Waals surface area contributed by atoms with Crippen LogP contribution in [-0.2, 0) is 15.7 Å². The van der Waals surface area contributed by atoms with E-state index in [1.807, 2.05) is 5.32 Å². The number of alkyl halides is 3. The van der Waals surface area contributed by atoms with E-state index >= 15 is 0 Å². The molecular weight excluding hydrogens is 438 g/mol. The van der Waals surface area contributed by atoms with Crippen molar-refractivity contribution in [2.24, 2.45) is 0 Å². The monoisotopic (exact) mass is 451 g/mol. The van der Waals surface area contributed by atoms with Crippen molar-refractivity contribution in [3.63, 3.8) is 0 Å². The minimum atomic E-state index is -4.74. The fourth-order valence-corrected chi connectivity index (χ4v) is 2.76. The summed E-state index contributed by atoms with van der Waals surface area (Å²) in [5.41, 5.74) is -1.68. The van der Waals surface area contributed by atoms with Crippen LogP contribution in [0.4, 0.5) is 18.9 Å². The number of carbonyl (C=O) groups excluding carboxylic acids is 2. The number of carbonyl (C=O) groups is 2. The van der Waals surface area contributed by atoms with Crippen molar-refractivity contribution in [3.8, 4) is 11.5 Å². The van der Waals surface area contributed by atoms with Gasteiger partial charge in [0.2, 0.25) is 0 Å². The van der Waals surface area contributed by atoms with Gasteiger partial charge < -0.3 is 19.5 Å². The zero-order valence-corrected chi connectivity index (χ0v) is 16.5. The second kappa shape index (κ2) is 9.23. The van der Waals surface area contributed by atoms with Gasteiger partial charge in [-0.3, -0.25) is 4.79 Å². The Bertz CT molecular complexity index is 934. The van der Waals surface area contributed by atoms with Gasteiger partial charge in [-0.1, -0.05) is 23.2 Å². The van der Waals surface area contributed by atoms with E-state index in [0.717, 1.165) is 6.07 Å². The van der Waals surface area contributed by atoms with Crippen LogP contribution in [0, 0.1) is 0 Å². The van der Waals surface area contributed by atoms with Gasteiger partial charge in [0.1, 0.15) is 0 Å². The largest absolute Gasteiger partial charge is 0.493 e. The van der Waals surface area contributed by atoms with Crippen LogP contribution in [0.15, 0.2) is 30.3 Å². The number of methoxy groups -OCH3 is 2. The zero-order valence-electron chi connectivity index (χ0n) is 15.0. The minimum Gasteiger partial charge on any atom is -0.493 e. The second-order valence-electron chi connectivity index (χ2n) is 5.51. The number of benzene rings is 2. The lowest BCUT2D eigenvalue weighted by Gasteiger charge is -2.14. The first kappa shape index (κ1) is 22.6. The molecule has 0 aliphatic rings. The number of amides is 1. The molecule has 0 aliphatic heterocycles. The van der Waals surface area contributed by atoms with E-state index in [4.69, 9.17) is 37.4 Å². The standard InChI is InChI=1S/C18H14Cl2F3NO5/c1-27-14-6-9(5-12(20)16(14)28-2)17(26)29-8-15(25)24-13-4-3-10(19)7-11(13)18(21,22)23/h3-7H,8H2,1-2H3,(H,24,25). The summed E-state index contributed by atoms with van der Waals surface area (Å²) in [6, 6.07) is 5.38. The summed E-state index contributed by atoms with van der Waals surface area (Å²) in [6.45, 7) is -0.829. The van der Waals surface area contributed by atoms with Gasteiger partial charge in [-0.05, 0) is 30.3 Å². The molecule has 6 nitrogen and oxygen atoms in total. The van der Waals surface area contributed by atoms with Crippen molar-refractivity contribution in [1.82, 2.24) is 0 Å². The smallest absolute Gasteiger partial charge is 0.418 e. The number of halogens is 5. The van der Waals surface area contributed by atoms with E-state index in [1.54, 1.807) is 0 Å². The van der Waals surface area contributed by atoms with Crippen LogP contribution in [0.25, 0.3) is 0 Å². The zero-order chi connectivity index (χ0) is 21.8. The molecule has 1 N–H and O–H groups in total. The molecule has 0 radical (unpaired) electrons. The molecular formula is C18H14Cl2F3NO5. The van der Waals surface area contributed by atoms with Gasteiger partial charge in [0, 0.05) is 5.02 Å². The van der Waals surface area contributed by atoms with Gasteiger partial charge in [0.25, 0.3) is 5.91 Å². The Morgan fingerprint density at radius 2 is 1.76 bits per heavy atom. The van der Waals surface area contributed by atoms with Crippen molar-refractivity contribution in [3.05, 3.63) is 51.5 Å². The van der Waals surface area contributed by atoms with Gasteiger partial charge in [-0.2, -0.15) is 13.2 Å². The summed E-state index contributed by atoms with van der Waals surface area (Å²) >= 11 is 11.6. The average Bonchev–Trinajstić information content (AvgIpc) is 2.65. The van der Waals surface area contributed by atoms with E-state index in [1.165, 1.54) is 32.4 Å². The first-order valence-corrected chi connectivity index (χ1v) is 8.57. The first-order valence-electron chi connectivity index (χ1n) is 7.82. The van der Waals surface area contributed by atoms with Gasteiger partial charge >= 0.3 is 12.1 Å². The van der Waals surface area contributed by atoms with E-state index in [-0.39, 0.29) is 27.1 Å². The van der Waals surface area contributed by atoms with Crippen LogP contribution in [0.5, 0.6) is 11.5 Å². The topological polar surface area (TPSA) is 73.9 Å². The molecule has 0 bridgehead atoms. The molecule has 2 aromatic rings. The van der Waals surface area contributed by atoms with Crippen molar-refractivity contribution in [1.29, 1.82) is 0 Å². The van der Waals surface area contributed by atoms with Crippen LogP contribution in [0.1, 0.15) is 15.9 Å². The summed E-state index contributed by atoms with van der Waals surface area (Å²) in [7, 11) is 2.69. The molecule has 0 fully saturated rings.